The second-order valence-corrected chi connectivity index (χ2v) is 8.16. The van der Waals surface area contributed by atoms with Gasteiger partial charge in [0, 0.05) is 23.5 Å². The highest BCUT2D eigenvalue weighted by atomic mass is 16.3. The molecule has 1 aliphatic heterocycles. The van der Waals surface area contributed by atoms with Gasteiger partial charge in [0.15, 0.2) is 0 Å². The molecule has 0 saturated carbocycles. The van der Waals surface area contributed by atoms with E-state index in [2.05, 4.69) is 87.9 Å². The number of rotatable bonds is 1. The average molecular weight is 370 g/mol. The number of benzene rings is 3. The number of aryl methyl sites for hydroxylation is 3. The molecule has 2 heterocycles. The highest BCUT2D eigenvalue weighted by Gasteiger charge is 2.33. The standard InChI is InChI=1S/C25H26N2O/c1-14-11-22-23(12-15(14)2)27(18(5)26(22)6)21-13-20-19-9-7-8-10-24(19)28-25(20)17(4)16(21)3/h7-13,18H,1-6H3. The molecule has 0 bridgehead atoms. The third kappa shape index (κ3) is 2.16. The topological polar surface area (TPSA) is 19.6 Å². The van der Waals surface area contributed by atoms with Crippen molar-refractivity contribution in [2.24, 2.45) is 0 Å². The van der Waals surface area contributed by atoms with Crippen molar-refractivity contribution in [1.29, 1.82) is 0 Å². The first-order valence-corrected chi connectivity index (χ1v) is 9.93. The van der Waals surface area contributed by atoms with Crippen LogP contribution in [0.25, 0.3) is 21.9 Å². The van der Waals surface area contributed by atoms with Crippen LogP contribution in [-0.4, -0.2) is 13.2 Å². The van der Waals surface area contributed by atoms with Crippen molar-refractivity contribution >= 4 is 39.0 Å². The summed E-state index contributed by atoms with van der Waals surface area (Å²) in [5, 5.41) is 2.38. The maximum absolute atomic E-state index is 6.21. The molecule has 1 aliphatic rings. The fraction of sp³-hybridized carbons (Fsp3) is 0.280. The molecule has 1 unspecified atom stereocenters. The molecule has 1 aromatic heterocycles. The van der Waals surface area contributed by atoms with Crippen LogP contribution in [0.4, 0.5) is 17.1 Å². The minimum Gasteiger partial charge on any atom is -0.456 e. The van der Waals surface area contributed by atoms with Gasteiger partial charge in [-0.1, -0.05) is 18.2 Å². The Kier molecular flexibility index (Phi) is 3.54. The monoisotopic (exact) mass is 370 g/mol. The SMILES string of the molecule is Cc1cc2c(cc1C)N(c1cc3c(oc4ccccc43)c(C)c1C)C(C)N2C. The summed E-state index contributed by atoms with van der Waals surface area (Å²) >= 11 is 0. The van der Waals surface area contributed by atoms with Crippen molar-refractivity contribution in [3.05, 3.63) is 64.7 Å². The van der Waals surface area contributed by atoms with Gasteiger partial charge in [0.1, 0.15) is 17.3 Å². The van der Waals surface area contributed by atoms with Crippen molar-refractivity contribution in [1.82, 2.24) is 0 Å². The number of furan rings is 1. The molecule has 142 valence electrons. The molecule has 5 rings (SSSR count). The molecule has 0 aliphatic carbocycles. The van der Waals surface area contributed by atoms with Crippen molar-refractivity contribution < 1.29 is 4.42 Å². The van der Waals surface area contributed by atoms with E-state index in [0.717, 1.165) is 11.2 Å². The van der Waals surface area contributed by atoms with Gasteiger partial charge >= 0.3 is 0 Å². The van der Waals surface area contributed by atoms with Crippen molar-refractivity contribution in [3.63, 3.8) is 0 Å². The average Bonchev–Trinajstić information content (AvgIpc) is 3.16. The molecule has 0 N–H and O–H groups in total. The van der Waals surface area contributed by atoms with E-state index in [4.69, 9.17) is 4.42 Å². The van der Waals surface area contributed by atoms with Gasteiger partial charge in [-0.2, -0.15) is 0 Å². The zero-order valence-corrected chi connectivity index (χ0v) is 17.4. The molecule has 3 heteroatoms. The van der Waals surface area contributed by atoms with E-state index in [0.29, 0.717) is 0 Å². The quantitative estimate of drug-likeness (QED) is 0.369. The number of fused-ring (bicyclic) bond motifs is 4. The smallest absolute Gasteiger partial charge is 0.138 e. The van der Waals surface area contributed by atoms with Crippen molar-refractivity contribution in [2.75, 3.05) is 16.8 Å². The summed E-state index contributed by atoms with van der Waals surface area (Å²) in [6.45, 7) is 11.0. The van der Waals surface area contributed by atoms with Crippen LogP contribution in [0.5, 0.6) is 0 Å². The Balaban J connectivity index is 1.81. The zero-order chi connectivity index (χ0) is 19.7. The largest absolute Gasteiger partial charge is 0.456 e. The summed E-state index contributed by atoms with van der Waals surface area (Å²) in [7, 11) is 2.19. The number of nitrogens with zero attached hydrogens (tertiary/aromatic N) is 2. The lowest BCUT2D eigenvalue weighted by Crippen LogP contribution is -2.36. The lowest BCUT2D eigenvalue weighted by molar-refractivity contribution is 0.665. The van der Waals surface area contributed by atoms with E-state index in [1.54, 1.807) is 0 Å². The summed E-state index contributed by atoms with van der Waals surface area (Å²) in [4.78, 5) is 4.85. The van der Waals surface area contributed by atoms with Gasteiger partial charge in [-0.3, -0.25) is 0 Å². The van der Waals surface area contributed by atoms with Gasteiger partial charge in [0.2, 0.25) is 0 Å². The molecular formula is C25H26N2O. The van der Waals surface area contributed by atoms with Gasteiger partial charge < -0.3 is 14.2 Å². The fourth-order valence-electron chi connectivity index (χ4n) is 4.51. The number of hydrogen-bond donors (Lipinski definition) is 0. The van der Waals surface area contributed by atoms with Crippen LogP contribution in [0.3, 0.4) is 0 Å². The molecule has 3 nitrogen and oxygen atoms in total. The highest BCUT2D eigenvalue weighted by molar-refractivity contribution is 6.08. The van der Waals surface area contributed by atoms with Crippen LogP contribution in [-0.2, 0) is 0 Å². The van der Waals surface area contributed by atoms with Crippen molar-refractivity contribution in [2.45, 2.75) is 40.8 Å². The van der Waals surface area contributed by atoms with Crippen LogP contribution in [0.1, 0.15) is 29.2 Å². The molecule has 0 saturated heterocycles. The first-order chi connectivity index (χ1) is 13.4. The third-order valence-corrected chi connectivity index (χ3v) is 6.63. The molecule has 0 fully saturated rings. The molecule has 3 aromatic carbocycles. The number of para-hydroxylation sites is 1. The summed E-state index contributed by atoms with van der Waals surface area (Å²) in [5.74, 6) is 0. The number of hydrogen-bond acceptors (Lipinski definition) is 3. The predicted octanol–water partition coefficient (Wildman–Crippen LogP) is 6.75. The minimum absolute atomic E-state index is 0.255. The van der Waals surface area contributed by atoms with Crippen LogP contribution in [0.2, 0.25) is 0 Å². The Morgan fingerprint density at radius 3 is 2.21 bits per heavy atom. The Bertz CT molecular complexity index is 1250. The van der Waals surface area contributed by atoms with E-state index in [9.17, 15) is 0 Å². The van der Waals surface area contributed by atoms with Gasteiger partial charge in [-0.05, 0) is 81.1 Å². The number of anilines is 3. The van der Waals surface area contributed by atoms with Gasteiger partial charge in [-0.25, -0.2) is 0 Å². The first kappa shape index (κ1) is 17.2. The third-order valence-electron chi connectivity index (χ3n) is 6.63. The van der Waals surface area contributed by atoms with Crippen LogP contribution in [0, 0.1) is 27.7 Å². The van der Waals surface area contributed by atoms with Gasteiger partial charge in [0.05, 0.1) is 11.4 Å². The Morgan fingerprint density at radius 1 is 0.786 bits per heavy atom. The molecule has 0 amide bonds. The normalized spacial score (nSPS) is 16.4. The van der Waals surface area contributed by atoms with Crippen LogP contribution in [0.15, 0.2) is 46.9 Å². The highest BCUT2D eigenvalue weighted by Crippen LogP contribution is 2.47. The lowest BCUT2D eigenvalue weighted by atomic mass is 10.0. The van der Waals surface area contributed by atoms with E-state index >= 15 is 0 Å². The molecular weight excluding hydrogens is 344 g/mol. The molecule has 28 heavy (non-hydrogen) atoms. The summed E-state index contributed by atoms with van der Waals surface area (Å²) in [5.41, 5.74) is 11.0. The summed E-state index contributed by atoms with van der Waals surface area (Å²) in [6.07, 6.45) is 0.255. The zero-order valence-electron chi connectivity index (χ0n) is 17.4. The Morgan fingerprint density at radius 2 is 1.46 bits per heavy atom. The Labute approximate surface area is 166 Å². The fourth-order valence-corrected chi connectivity index (χ4v) is 4.51. The van der Waals surface area contributed by atoms with Gasteiger partial charge in [0.25, 0.3) is 0 Å². The maximum Gasteiger partial charge on any atom is 0.138 e. The summed E-state index contributed by atoms with van der Waals surface area (Å²) < 4.78 is 6.21. The molecule has 0 spiro atoms. The minimum atomic E-state index is 0.255. The second kappa shape index (κ2) is 5.78. The Hall–Kier alpha value is -2.94. The van der Waals surface area contributed by atoms with Crippen LogP contribution >= 0.6 is 0 Å². The predicted molar refractivity (Wildman–Crippen MR) is 119 cm³/mol. The molecule has 1 atom stereocenters. The summed E-state index contributed by atoms with van der Waals surface area (Å²) in [6, 6.07) is 15.3. The van der Waals surface area contributed by atoms with Crippen LogP contribution < -0.4 is 9.80 Å². The van der Waals surface area contributed by atoms with E-state index in [-0.39, 0.29) is 6.17 Å². The second-order valence-electron chi connectivity index (χ2n) is 8.16. The molecule has 0 radical (unpaired) electrons. The molecule has 4 aromatic rings. The first-order valence-electron chi connectivity index (χ1n) is 9.93. The van der Waals surface area contributed by atoms with E-state index in [1.165, 1.54) is 50.1 Å². The van der Waals surface area contributed by atoms with Crippen molar-refractivity contribution in [3.8, 4) is 0 Å². The maximum atomic E-state index is 6.21. The lowest BCUT2D eigenvalue weighted by Gasteiger charge is -2.29. The van der Waals surface area contributed by atoms with E-state index in [1.807, 2.05) is 6.07 Å². The van der Waals surface area contributed by atoms with E-state index < -0.39 is 0 Å². The van der Waals surface area contributed by atoms with Gasteiger partial charge in [-0.15, -0.1) is 0 Å².